The number of carbonyl (C=O) groups is 1. The van der Waals surface area contributed by atoms with Crippen molar-refractivity contribution in [1.29, 1.82) is 0 Å². The molecule has 1 aromatic carbocycles. The van der Waals surface area contributed by atoms with Crippen molar-refractivity contribution in [3.05, 3.63) is 23.8 Å². The number of hydrogen-bond donors (Lipinski definition) is 1. The van der Waals surface area contributed by atoms with Crippen LogP contribution in [0.3, 0.4) is 0 Å². The van der Waals surface area contributed by atoms with Crippen LogP contribution in [0.15, 0.2) is 18.2 Å². The highest BCUT2D eigenvalue weighted by Crippen LogP contribution is 2.49. The summed E-state index contributed by atoms with van der Waals surface area (Å²) < 4.78 is 16.6. The molecule has 102 valence electrons. The predicted molar refractivity (Wildman–Crippen MR) is 68.5 cm³/mol. The first-order chi connectivity index (χ1) is 9.13. The van der Waals surface area contributed by atoms with E-state index in [0.29, 0.717) is 18.9 Å². The van der Waals surface area contributed by atoms with Crippen LogP contribution >= 0.6 is 0 Å². The fourth-order valence-corrected chi connectivity index (χ4v) is 2.63. The van der Waals surface area contributed by atoms with Gasteiger partial charge in [-0.25, -0.2) is 4.79 Å². The van der Waals surface area contributed by atoms with Gasteiger partial charge in [0.2, 0.25) is 6.29 Å². The van der Waals surface area contributed by atoms with E-state index in [2.05, 4.69) is 12.2 Å². The zero-order valence-corrected chi connectivity index (χ0v) is 11.1. The molecule has 2 heterocycles. The van der Waals surface area contributed by atoms with E-state index in [9.17, 15) is 4.79 Å². The lowest BCUT2D eigenvalue weighted by Crippen LogP contribution is -2.30. The van der Waals surface area contributed by atoms with E-state index in [1.807, 2.05) is 19.1 Å². The largest absolute Gasteiger partial charge is 0.464 e. The van der Waals surface area contributed by atoms with Crippen molar-refractivity contribution in [2.24, 2.45) is 0 Å². The van der Waals surface area contributed by atoms with E-state index in [4.69, 9.17) is 14.2 Å². The van der Waals surface area contributed by atoms with Gasteiger partial charge in [0.25, 0.3) is 0 Å². The van der Waals surface area contributed by atoms with Crippen molar-refractivity contribution in [3.8, 4) is 11.5 Å². The molecule has 5 heteroatoms. The second-order valence-electron chi connectivity index (χ2n) is 5.07. The van der Waals surface area contributed by atoms with Crippen LogP contribution < -0.4 is 14.8 Å². The zero-order valence-electron chi connectivity index (χ0n) is 11.1. The van der Waals surface area contributed by atoms with E-state index in [1.165, 1.54) is 0 Å². The van der Waals surface area contributed by atoms with Crippen LogP contribution in [0.4, 0.5) is 4.79 Å². The number of amides is 1. The third-order valence-electron chi connectivity index (χ3n) is 3.74. The van der Waals surface area contributed by atoms with E-state index < -0.39 is 6.09 Å². The van der Waals surface area contributed by atoms with Gasteiger partial charge in [0, 0.05) is 12.1 Å². The average molecular weight is 263 g/mol. The molecule has 5 nitrogen and oxygen atoms in total. The summed E-state index contributed by atoms with van der Waals surface area (Å²) in [4.78, 5) is 11.4. The van der Waals surface area contributed by atoms with Gasteiger partial charge in [-0.05, 0) is 38.5 Å². The molecule has 1 aromatic rings. The monoisotopic (exact) mass is 263 g/mol. The van der Waals surface area contributed by atoms with Crippen LogP contribution in [0.25, 0.3) is 0 Å². The molecule has 1 N–H and O–H groups in total. The summed E-state index contributed by atoms with van der Waals surface area (Å²) in [5, 5.41) is 2.60. The Labute approximate surface area is 111 Å². The minimum atomic E-state index is -0.439. The fraction of sp³-hybridized carbons (Fsp3) is 0.500. The van der Waals surface area contributed by atoms with Crippen molar-refractivity contribution in [1.82, 2.24) is 5.32 Å². The predicted octanol–water partition coefficient (Wildman–Crippen LogP) is 2.19. The Morgan fingerprint density at radius 2 is 2.42 bits per heavy atom. The number of benzene rings is 1. The molecule has 0 bridgehead atoms. The summed E-state index contributed by atoms with van der Waals surface area (Å²) in [6, 6.07) is 5.44. The smallest absolute Gasteiger partial charge is 0.412 e. The Balaban J connectivity index is 1.86. The lowest BCUT2D eigenvalue weighted by molar-refractivity contribution is -0.0514. The lowest BCUT2D eigenvalue weighted by Gasteiger charge is -2.20. The number of rotatable bonds is 2. The summed E-state index contributed by atoms with van der Waals surface area (Å²) in [5.74, 6) is 1.34. The van der Waals surface area contributed by atoms with Crippen molar-refractivity contribution >= 4 is 6.09 Å². The highest BCUT2D eigenvalue weighted by atomic mass is 16.7. The van der Waals surface area contributed by atoms with Gasteiger partial charge in [0.1, 0.15) is 11.5 Å². The highest BCUT2D eigenvalue weighted by molar-refractivity contribution is 5.70. The number of hydrogen-bond acceptors (Lipinski definition) is 4. The summed E-state index contributed by atoms with van der Waals surface area (Å²) >= 11 is 0. The first-order valence-corrected chi connectivity index (χ1v) is 6.52. The number of carbonyl (C=O) groups excluding carboxylic acids is 1. The maximum absolute atomic E-state index is 11.4. The van der Waals surface area contributed by atoms with E-state index in [-0.39, 0.29) is 11.7 Å². The number of fused-ring (bicyclic) bond motifs is 3. The highest BCUT2D eigenvalue weighted by Gasteiger charge is 2.50. The van der Waals surface area contributed by atoms with Gasteiger partial charge in [0.05, 0.1) is 12.0 Å². The Morgan fingerprint density at radius 3 is 3.21 bits per heavy atom. The quantitative estimate of drug-likeness (QED) is 0.888. The summed E-state index contributed by atoms with van der Waals surface area (Å²) in [6.07, 6.45) is 0.253. The number of ether oxygens (including phenoxy) is 3. The van der Waals surface area contributed by atoms with Crippen LogP contribution in [0.2, 0.25) is 0 Å². The van der Waals surface area contributed by atoms with Crippen LogP contribution in [0.5, 0.6) is 11.5 Å². The van der Waals surface area contributed by atoms with Crippen LogP contribution in [-0.4, -0.2) is 25.5 Å². The van der Waals surface area contributed by atoms with E-state index >= 15 is 0 Å². The van der Waals surface area contributed by atoms with Gasteiger partial charge in [0.15, 0.2) is 0 Å². The average Bonchev–Trinajstić information content (AvgIpc) is 2.85. The molecule has 2 atom stereocenters. The number of nitrogens with one attached hydrogen (secondary N) is 1. The lowest BCUT2D eigenvalue weighted by atomic mass is 9.82. The normalized spacial score (nSPS) is 27.4. The second kappa shape index (κ2) is 4.42. The first kappa shape index (κ1) is 12.3. The van der Waals surface area contributed by atoms with Crippen molar-refractivity contribution in [3.63, 3.8) is 0 Å². The van der Waals surface area contributed by atoms with Gasteiger partial charge >= 0.3 is 6.09 Å². The van der Waals surface area contributed by atoms with Crippen LogP contribution in [0, 0.1) is 0 Å². The van der Waals surface area contributed by atoms with E-state index in [1.54, 1.807) is 6.07 Å². The molecule has 0 radical (unpaired) electrons. The maximum atomic E-state index is 11.4. The van der Waals surface area contributed by atoms with Crippen molar-refractivity contribution < 1.29 is 19.0 Å². The molecule has 0 saturated carbocycles. The molecule has 2 aliphatic heterocycles. The second-order valence-corrected chi connectivity index (χ2v) is 5.07. The van der Waals surface area contributed by atoms with Crippen LogP contribution in [-0.2, 0) is 10.2 Å². The summed E-state index contributed by atoms with van der Waals surface area (Å²) in [5.41, 5.74) is 0.910. The molecule has 19 heavy (non-hydrogen) atoms. The third kappa shape index (κ3) is 1.94. The molecule has 0 aromatic heterocycles. The Bertz CT molecular complexity index is 516. The maximum Gasteiger partial charge on any atom is 0.412 e. The molecule has 1 saturated heterocycles. The minimum absolute atomic E-state index is 0.143. The molecular formula is C14H17NO4. The molecule has 1 fully saturated rings. The van der Waals surface area contributed by atoms with Crippen molar-refractivity contribution in [2.75, 3.05) is 13.2 Å². The standard InChI is InChI=1S/C14H17NO4/c1-3-15-13(16)18-9-4-5-11-10(8-9)14(2)6-7-17-12(14)19-11/h4-5,8,12H,3,6-7H2,1-2H3,(H,15,16)/t12?,14-/m1/s1. The van der Waals surface area contributed by atoms with E-state index in [0.717, 1.165) is 17.7 Å². The minimum Gasteiger partial charge on any atom is -0.464 e. The van der Waals surface area contributed by atoms with Gasteiger partial charge in [-0.2, -0.15) is 0 Å². The van der Waals surface area contributed by atoms with Crippen molar-refractivity contribution in [2.45, 2.75) is 32.0 Å². The van der Waals surface area contributed by atoms with Gasteiger partial charge in [-0.3, -0.25) is 0 Å². The van der Waals surface area contributed by atoms with Crippen LogP contribution in [0.1, 0.15) is 25.8 Å². The Morgan fingerprint density at radius 1 is 1.58 bits per heavy atom. The zero-order chi connectivity index (χ0) is 13.5. The first-order valence-electron chi connectivity index (χ1n) is 6.52. The van der Waals surface area contributed by atoms with Gasteiger partial charge in [-0.1, -0.05) is 0 Å². The third-order valence-corrected chi connectivity index (χ3v) is 3.74. The van der Waals surface area contributed by atoms with Gasteiger partial charge < -0.3 is 19.5 Å². The Hall–Kier alpha value is -1.75. The molecule has 0 spiro atoms. The molecular weight excluding hydrogens is 246 g/mol. The topological polar surface area (TPSA) is 56.8 Å². The summed E-state index contributed by atoms with van der Waals surface area (Å²) in [7, 11) is 0. The SMILES string of the molecule is CCNC(=O)Oc1ccc2c(c1)[C@@]1(C)CCOC1O2. The molecule has 0 aliphatic carbocycles. The summed E-state index contributed by atoms with van der Waals surface area (Å²) in [6.45, 7) is 5.20. The fourth-order valence-electron chi connectivity index (χ4n) is 2.63. The molecule has 2 aliphatic rings. The molecule has 1 amide bonds. The van der Waals surface area contributed by atoms with Gasteiger partial charge in [-0.15, -0.1) is 0 Å². The Kier molecular flexibility index (Phi) is 2.86. The molecule has 1 unspecified atom stereocenters. The molecule has 3 rings (SSSR count).